The van der Waals surface area contributed by atoms with Crippen LogP contribution in [0.3, 0.4) is 0 Å². The SMILES string of the molecule is Fc1ccc(OC2CNC2)cc1F.O=C(O)C(F)(F)F. The summed E-state index contributed by atoms with van der Waals surface area (Å²) in [7, 11) is 0. The molecule has 112 valence electrons. The maximum absolute atomic E-state index is 12.7. The molecular formula is C11H10F5NO3. The number of ether oxygens (including phenoxy) is 1. The maximum Gasteiger partial charge on any atom is 0.490 e. The van der Waals surface area contributed by atoms with Crippen molar-refractivity contribution >= 4 is 5.97 Å². The van der Waals surface area contributed by atoms with E-state index in [1.54, 1.807) is 0 Å². The van der Waals surface area contributed by atoms with Crippen LogP contribution < -0.4 is 10.1 Å². The fraction of sp³-hybridized carbons (Fsp3) is 0.364. The van der Waals surface area contributed by atoms with E-state index >= 15 is 0 Å². The van der Waals surface area contributed by atoms with Gasteiger partial charge in [0, 0.05) is 19.2 Å². The number of aliphatic carboxylic acids is 1. The van der Waals surface area contributed by atoms with Gasteiger partial charge < -0.3 is 15.2 Å². The molecule has 4 nitrogen and oxygen atoms in total. The number of alkyl halides is 3. The first-order valence-corrected chi connectivity index (χ1v) is 5.32. The zero-order valence-electron chi connectivity index (χ0n) is 9.88. The van der Waals surface area contributed by atoms with E-state index in [2.05, 4.69) is 5.32 Å². The number of carbonyl (C=O) groups is 1. The van der Waals surface area contributed by atoms with E-state index in [9.17, 15) is 22.0 Å². The second-order valence-electron chi connectivity index (χ2n) is 3.78. The Kier molecular flexibility index (Phi) is 5.26. The molecule has 0 amide bonds. The van der Waals surface area contributed by atoms with Crippen LogP contribution in [0.15, 0.2) is 18.2 Å². The molecule has 1 aliphatic rings. The van der Waals surface area contributed by atoms with Gasteiger partial charge in [-0.15, -0.1) is 0 Å². The van der Waals surface area contributed by atoms with Gasteiger partial charge in [0.25, 0.3) is 0 Å². The van der Waals surface area contributed by atoms with Gasteiger partial charge in [0.15, 0.2) is 11.6 Å². The number of carboxylic acid groups (broad SMARTS) is 1. The summed E-state index contributed by atoms with van der Waals surface area (Å²) in [5.74, 6) is -4.10. The molecule has 1 saturated heterocycles. The molecule has 1 heterocycles. The van der Waals surface area contributed by atoms with Crippen LogP contribution in [0.5, 0.6) is 5.75 Å². The molecule has 0 aliphatic carbocycles. The highest BCUT2D eigenvalue weighted by Crippen LogP contribution is 2.17. The average Bonchev–Trinajstić information content (AvgIpc) is 2.28. The summed E-state index contributed by atoms with van der Waals surface area (Å²) in [5.41, 5.74) is 0. The lowest BCUT2D eigenvalue weighted by Crippen LogP contribution is -2.50. The van der Waals surface area contributed by atoms with Crippen molar-refractivity contribution in [2.24, 2.45) is 0 Å². The molecule has 1 fully saturated rings. The minimum Gasteiger partial charge on any atom is -0.488 e. The molecule has 2 rings (SSSR count). The lowest BCUT2D eigenvalue weighted by atomic mass is 10.2. The first-order chi connectivity index (χ1) is 9.20. The van der Waals surface area contributed by atoms with Crippen LogP contribution >= 0.6 is 0 Å². The van der Waals surface area contributed by atoms with Crippen LogP contribution in [0.25, 0.3) is 0 Å². The summed E-state index contributed by atoms with van der Waals surface area (Å²) in [5, 5.41) is 10.1. The summed E-state index contributed by atoms with van der Waals surface area (Å²) in [6, 6.07) is 3.56. The molecule has 0 unspecified atom stereocenters. The number of hydrogen-bond donors (Lipinski definition) is 2. The van der Waals surface area contributed by atoms with E-state index in [1.165, 1.54) is 6.07 Å². The number of hydrogen-bond acceptors (Lipinski definition) is 3. The van der Waals surface area contributed by atoms with Gasteiger partial charge in [-0.05, 0) is 12.1 Å². The molecule has 2 N–H and O–H groups in total. The molecular weight excluding hydrogens is 289 g/mol. The Balaban J connectivity index is 0.000000246. The Morgan fingerprint density at radius 3 is 2.15 bits per heavy atom. The Hall–Kier alpha value is -1.90. The molecule has 0 spiro atoms. The maximum atomic E-state index is 12.7. The molecule has 1 aliphatic heterocycles. The molecule has 9 heteroatoms. The fourth-order valence-corrected chi connectivity index (χ4v) is 1.09. The van der Waals surface area contributed by atoms with Gasteiger partial charge in [0.05, 0.1) is 0 Å². The second kappa shape index (κ2) is 6.51. The largest absolute Gasteiger partial charge is 0.490 e. The van der Waals surface area contributed by atoms with Crippen molar-refractivity contribution < 1.29 is 36.6 Å². The number of nitrogens with one attached hydrogen (secondary N) is 1. The Morgan fingerprint density at radius 2 is 1.80 bits per heavy atom. The van der Waals surface area contributed by atoms with Gasteiger partial charge in [0.1, 0.15) is 11.9 Å². The van der Waals surface area contributed by atoms with E-state index in [4.69, 9.17) is 14.6 Å². The number of halogens is 5. The first-order valence-electron chi connectivity index (χ1n) is 5.32. The Morgan fingerprint density at radius 1 is 1.25 bits per heavy atom. The van der Waals surface area contributed by atoms with Crippen LogP contribution in [-0.2, 0) is 4.79 Å². The predicted octanol–water partition coefficient (Wildman–Crippen LogP) is 1.95. The quantitative estimate of drug-likeness (QED) is 0.820. The van der Waals surface area contributed by atoms with Gasteiger partial charge in [-0.2, -0.15) is 13.2 Å². The van der Waals surface area contributed by atoms with Gasteiger partial charge in [-0.25, -0.2) is 13.6 Å². The van der Waals surface area contributed by atoms with Crippen molar-refractivity contribution in [3.63, 3.8) is 0 Å². The summed E-state index contributed by atoms with van der Waals surface area (Å²) < 4.78 is 62.2. The molecule has 0 aromatic heterocycles. The third-order valence-corrected chi connectivity index (χ3v) is 2.18. The minimum atomic E-state index is -5.08. The van der Waals surface area contributed by atoms with Crippen molar-refractivity contribution in [3.05, 3.63) is 29.8 Å². The first kappa shape index (κ1) is 16.2. The van der Waals surface area contributed by atoms with Crippen molar-refractivity contribution in [3.8, 4) is 5.75 Å². The molecule has 1 aromatic carbocycles. The lowest BCUT2D eigenvalue weighted by Gasteiger charge is -2.27. The van der Waals surface area contributed by atoms with Crippen molar-refractivity contribution in [2.75, 3.05) is 13.1 Å². The van der Waals surface area contributed by atoms with Gasteiger partial charge in [-0.1, -0.05) is 0 Å². The molecule has 0 saturated carbocycles. The van der Waals surface area contributed by atoms with E-state index in [0.717, 1.165) is 25.2 Å². The molecule has 20 heavy (non-hydrogen) atoms. The average molecular weight is 299 g/mol. The van der Waals surface area contributed by atoms with E-state index in [1.807, 2.05) is 0 Å². The van der Waals surface area contributed by atoms with E-state index in [-0.39, 0.29) is 6.10 Å². The predicted molar refractivity (Wildman–Crippen MR) is 57.3 cm³/mol. The zero-order chi connectivity index (χ0) is 15.3. The van der Waals surface area contributed by atoms with Crippen molar-refractivity contribution in [1.82, 2.24) is 5.32 Å². The van der Waals surface area contributed by atoms with Crippen LogP contribution in [0.4, 0.5) is 22.0 Å². The molecule has 0 bridgehead atoms. The lowest BCUT2D eigenvalue weighted by molar-refractivity contribution is -0.192. The second-order valence-corrected chi connectivity index (χ2v) is 3.78. The molecule has 0 atom stereocenters. The van der Waals surface area contributed by atoms with E-state index in [0.29, 0.717) is 5.75 Å². The monoisotopic (exact) mass is 299 g/mol. The normalized spacial score (nSPS) is 14.8. The van der Waals surface area contributed by atoms with Crippen LogP contribution in [0.1, 0.15) is 0 Å². The summed E-state index contributed by atoms with van der Waals surface area (Å²) in [4.78, 5) is 8.90. The Bertz CT molecular complexity index is 474. The van der Waals surface area contributed by atoms with Crippen molar-refractivity contribution in [1.29, 1.82) is 0 Å². The smallest absolute Gasteiger partial charge is 0.488 e. The Labute approximate surface area is 110 Å². The summed E-state index contributed by atoms with van der Waals surface area (Å²) in [6.45, 7) is 1.53. The third kappa shape index (κ3) is 5.00. The summed E-state index contributed by atoms with van der Waals surface area (Å²) >= 11 is 0. The van der Waals surface area contributed by atoms with Gasteiger partial charge >= 0.3 is 12.1 Å². The topological polar surface area (TPSA) is 58.6 Å². The van der Waals surface area contributed by atoms with Crippen LogP contribution in [0, 0.1) is 11.6 Å². The summed E-state index contributed by atoms with van der Waals surface area (Å²) in [6.07, 6.45) is -5.00. The van der Waals surface area contributed by atoms with E-state index < -0.39 is 23.8 Å². The molecule has 1 aromatic rings. The third-order valence-electron chi connectivity index (χ3n) is 2.18. The fourth-order valence-electron chi connectivity index (χ4n) is 1.09. The van der Waals surface area contributed by atoms with Crippen molar-refractivity contribution in [2.45, 2.75) is 12.3 Å². The van der Waals surface area contributed by atoms with Crippen LogP contribution in [-0.4, -0.2) is 36.4 Å². The highest BCUT2D eigenvalue weighted by molar-refractivity contribution is 5.73. The minimum absolute atomic E-state index is 0.0878. The zero-order valence-corrected chi connectivity index (χ0v) is 9.88. The van der Waals surface area contributed by atoms with Gasteiger partial charge in [0.2, 0.25) is 0 Å². The standard InChI is InChI=1S/C9H9F2NO.C2HF3O2/c10-8-2-1-6(3-9(8)11)13-7-4-12-5-7;3-2(4,5)1(6)7/h1-3,7,12H,4-5H2;(H,6,7). The molecule has 0 radical (unpaired) electrons. The number of carboxylic acids is 1. The number of benzene rings is 1. The number of rotatable bonds is 2. The highest BCUT2D eigenvalue weighted by Gasteiger charge is 2.38. The van der Waals surface area contributed by atoms with Crippen LogP contribution in [0.2, 0.25) is 0 Å². The highest BCUT2D eigenvalue weighted by atomic mass is 19.4. The van der Waals surface area contributed by atoms with Gasteiger partial charge in [-0.3, -0.25) is 0 Å².